The van der Waals surface area contributed by atoms with Gasteiger partial charge in [-0.05, 0) is 5.56 Å². The summed E-state index contributed by atoms with van der Waals surface area (Å²) < 4.78 is 0. The largest absolute Gasteiger partial charge is 0.359 e. The van der Waals surface area contributed by atoms with Gasteiger partial charge in [0, 0.05) is 33.6 Å². The van der Waals surface area contributed by atoms with Gasteiger partial charge in [0.15, 0.2) is 0 Å². The zero-order chi connectivity index (χ0) is 14.3. The zero-order valence-electron chi connectivity index (χ0n) is 11.4. The van der Waals surface area contributed by atoms with Crippen LogP contribution in [0, 0.1) is 0 Å². The van der Waals surface area contributed by atoms with Gasteiger partial charge in [-0.1, -0.05) is 30.3 Å². The van der Waals surface area contributed by atoms with Crippen molar-refractivity contribution in [2.24, 2.45) is 5.73 Å². The molecule has 0 bridgehead atoms. The second-order valence-electron chi connectivity index (χ2n) is 4.38. The van der Waals surface area contributed by atoms with E-state index in [1.54, 1.807) is 19.0 Å². The number of nitrogens with one attached hydrogen (secondary N) is 1. The van der Waals surface area contributed by atoms with Crippen LogP contribution in [0.2, 0.25) is 0 Å². The van der Waals surface area contributed by atoms with Gasteiger partial charge >= 0.3 is 0 Å². The average molecular weight is 263 g/mol. The molecule has 0 aliphatic rings. The number of nitrogens with two attached hydrogens (primary N) is 1. The molecule has 0 radical (unpaired) electrons. The Morgan fingerprint density at radius 2 is 1.95 bits per heavy atom. The van der Waals surface area contributed by atoms with Gasteiger partial charge in [-0.2, -0.15) is 0 Å². The molecule has 1 aromatic carbocycles. The summed E-state index contributed by atoms with van der Waals surface area (Å²) in [4.78, 5) is 25.0. The Bertz CT molecular complexity index is 420. The molecule has 0 heterocycles. The minimum absolute atomic E-state index is 0.0578. The second kappa shape index (κ2) is 7.53. The molecular formula is C14H21N3O2. The van der Waals surface area contributed by atoms with Crippen LogP contribution in [0.4, 0.5) is 0 Å². The topological polar surface area (TPSA) is 75.4 Å². The van der Waals surface area contributed by atoms with E-state index >= 15 is 0 Å². The van der Waals surface area contributed by atoms with Gasteiger partial charge in [-0.15, -0.1) is 0 Å². The van der Waals surface area contributed by atoms with E-state index in [0.29, 0.717) is 13.0 Å². The van der Waals surface area contributed by atoms with Crippen LogP contribution in [0.3, 0.4) is 0 Å². The summed E-state index contributed by atoms with van der Waals surface area (Å²) in [5.74, 6) is -0.489. The second-order valence-corrected chi connectivity index (χ2v) is 4.38. The van der Waals surface area contributed by atoms with Gasteiger partial charge in [0.05, 0.1) is 5.92 Å². The predicted octanol–water partition coefficient (Wildman–Crippen LogP) is 0.323. The first-order valence-corrected chi connectivity index (χ1v) is 6.30. The summed E-state index contributed by atoms with van der Waals surface area (Å²) in [6.45, 7) is 0.648. The quantitative estimate of drug-likeness (QED) is 0.776. The maximum absolute atomic E-state index is 12.3. The van der Waals surface area contributed by atoms with Crippen LogP contribution in [0.25, 0.3) is 0 Å². The number of hydrogen-bond acceptors (Lipinski definition) is 3. The van der Waals surface area contributed by atoms with Crippen molar-refractivity contribution in [2.45, 2.75) is 12.3 Å². The van der Waals surface area contributed by atoms with Crippen LogP contribution in [0.15, 0.2) is 30.3 Å². The fourth-order valence-corrected chi connectivity index (χ4v) is 1.84. The molecule has 2 amide bonds. The van der Waals surface area contributed by atoms with Gasteiger partial charge in [-0.25, -0.2) is 0 Å². The Hall–Kier alpha value is -1.88. The Labute approximate surface area is 113 Å². The molecular weight excluding hydrogens is 242 g/mol. The molecule has 0 spiro atoms. The third-order valence-corrected chi connectivity index (χ3v) is 3.07. The molecule has 0 saturated heterocycles. The maximum Gasteiger partial charge on any atom is 0.231 e. The van der Waals surface area contributed by atoms with Crippen LogP contribution in [-0.4, -0.2) is 43.9 Å². The third kappa shape index (κ3) is 4.37. The fourth-order valence-electron chi connectivity index (χ4n) is 1.84. The van der Waals surface area contributed by atoms with Crippen LogP contribution in [0.5, 0.6) is 0 Å². The van der Waals surface area contributed by atoms with Crippen molar-refractivity contribution in [3.05, 3.63) is 35.9 Å². The highest BCUT2D eigenvalue weighted by Gasteiger charge is 2.22. The lowest BCUT2D eigenvalue weighted by Gasteiger charge is -2.23. The van der Waals surface area contributed by atoms with E-state index in [0.717, 1.165) is 5.56 Å². The minimum Gasteiger partial charge on any atom is -0.359 e. The number of carbonyl (C=O) groups excluding carboxylic acids is 2. The molecule has 0 fully saturated rings. The van der Waals surface area contributed by atoms with Crippen molar-refractivity contribution in [2.75, 3.05) is 27.2 Å². The van der Waals surface area contributed by atoms with Crippen molar-refractivity contribution < 1.29 is 9.59 Å². The molecule has 3 N–H and O–H groups in total. The molecule has 1 aromatic rings. The number of amides is 2. The summed E-state index contributed by atoms with van der Waals surface area (Å²) in [5, 5.41) is 2.53. The highest BCUT2D eigenvalue weighted by molar-refractivity contribution is 5.84. The van der Waals surface area contributed by atoms with E-state index < -0.39 is 0 Å². The molecule has 1 atom stereocenters. The first kappa shape index (κ1) is 15.2. The standard InChI is InChI=1S/C14H21N3O2/c1-16-13(18)8-9-17(2)14(19)12(10-15)11-6-4-3-5-7-11/h3-7,12H,8-10,15H2,1-2H3,(H,16,18). The Morgan fingerprint density at radius 1 is 1.32 bits per heavy atom. The normalized spacial score (nSPS) is 11.7. The van der Waals surface area contributed by atoms with Crippen LogP contribution in [0.1, 0.15) is 17.9 Å². The maximum atomic E-state index is 12.3. The summed E-state index contributed by atoms with van der Waals surface area (Å²) in [6, 6.07) is 9.45. The number of likely N-dealkylation sites (N-methyl/N-ethyl adjacent to an activating group) is 1. The average Bonchev–Trinajstić information content (AvgIpc) is 2.46. The van der Waals surface area contributed by atoms with Crippen molar-refractivity contribution in [1.82, 2.24) is 10.2 Å². The monoisotopic (exact) mass is 263 g/mol. The number of rotatable bonds is 6. The number of hydrogen-bond donors (Lipinski definition) is 2. The third-order valence-electron chi connectivity index (χ3n) is 3.07. The van der Waals surface area contributed by atoms with Crippen LogP contribution < -0.4 is 11.1 Å². The lowest BCUT2D eigenvalue weighted by atomic mass is 9.98. The van der Waals surface area contributed by atoms with Crippen LogP contribution in [-0.2, 0) is 9.59 Å². The highest BCUT2D eigenvalue weighted by Crippen LogP contribution is 2.16. The lowest BCUT2D eigenvalue weighted by molar-refractivity contribution is -0.131. The van der Waals surface area contributed by atoms with Crippen molar-refractivity contribution in [3.63, 3.8) is 0 Å². The zero-order valence-corrected chi connectivity index (χ0v) is 11.4. The molecule has 1 rings (SSSR count). The van der Waals surface area contributed by atoms with Crippen LogP contribution >= 0.6 is 0 Å². The Morgan fingerprint density at radius 3 is 2.47 bits per heavy atom. The summed E-state index contributed by atoms with van der Waals surface area (Å²) in [7, 11) is 3.27. The van der Waals surface area contributed by atoms with E-state index in [1.165, 1.54) is 0 Å². The molecule has 0 aromatic heterocycles. The SMILES string of the molecule is CNC(=O)CCN(C)C(=O)C(CN)c1ccccc1. The van der Waals surface area contributed by atoms with E-state index in [4.69, 9.17) is 5.73 Å². The predicted molar refractivity (Wildman–Crippen MR) is 74.6 cm³/mol. The van der Waals surface area contributed by atoms with E-state index in [-0.39, 0.29) is 24.3 Å². The minimum atomic E-state index is -0.351. The van der Waals surface area contributed by atoms with Gasteiger partial charge < -0.3 is 16.0 Å². The summed E-state index contributed by atoms with van der Waals surface area (Å²) >= 11 is 0. The van der Waals surface area contributed by atoms with Gasteiger partial charge in [0.2, 0.25) is 11.8 Å². The van der Waals surface area contributed by atoms with Crippen molar-refractivity contribution >= 4 is 11.8 Å². The molecule has 1 unspecified atom stereocenters. The van der Waals surface area contributed by atoms with E-state index in [1.807, 2.05) is 30.3 Å². The van der Waals surface area contributed by atoms with E-state index in [2.05, 4.69) is 5.32 Å². The Balaban J connectivity index is 2.66. The molecule has 5 heteroatoms. The molecule has 0 aliphatic heterocycles. The molecule has 0 saturated carbocycles. The van der Waals surface area contributed by atoms with Gasteiger partial charge in [-0.3, -0.25) is 9.59 Å². The first-order valence-electron chi connectivity index (χ1n) is 6.30. The number of carbonyl (C=O) groups is 2. The molecule has 104 valence electrons. The van der Waals surface area contributed by atoms with Gasteiger partial charge in [0.1, 0.15) is 0 Å². The summed E-state index contributed by atoms with van der Waals surface area (Å²) in [5.41, 5.74) is 6.60. The van der Waals surface area contributed by atoms with E-state index in [9.17, 15) is 9.59 Å². The number of nitrogens with zero attached hydrogens (tertiary/aromatic N) is 1. The highest BCUT2D eigenvalue weighted by atomic mass is 16.2. The van der Waals surface area contributed by atoms with Crippen molar-refractivity contribution in [1.29, 1.82) is 0 Å². The molecule has 0 aliphatic carbocycles. The summed E-state index contributed by atoms with van der Waals surface area (Å²) in [6.07, 6.45) is 0.296. The molecule has 5 nitrogen and oxygen atoms in total. The Kier molecular flexibility index (Phi) is 6.02. The first-order chi connectivity index (χ1) is 9.10. The lowest BCUT2D eigenvalue weighted by Crippen LogP contribution is -2.37. The van der Waals surface area contributed by atoms with Gasteiger partial charge in [0.25, 0.3) is 0 Å². The fraction of sp³-hybridized carbons (Fsp3) is 0.429. The molecule has 19 heavy (non-hydrogen) atoms. The number of benzene rings is 1. The van der Waals surface area contributed by atoms with Crippen molar-refractivity contribution in [3.8, 4) is 0 Å². The smallest absolute Gasteiger partial charge is 0.231 e.